The van der Waals surface area contributed by atoms with Crippen molar-refractivity contribution in [3.8, 4) is 0 Å². The fourth-order valence-electron chi connectivity index (χ4n) is 3.82. The summed E-state index contributed by atoms with van der Waals surface area (Å²) < 4.78 is 3.58. The van der Waals surface area contributed by atoms with E-state index in [1.54, 1.807) is 16.9 Å². The van der Waals surface area contributed by atoms with Crippen LogP contribution >= 0.6 is 0 Å². The number of para-hydroxylation sites is 1. The van der Waals surface area contributed by atoms with Crippen molar-refractivity contribution >= 4 is 34.4 Å². The average molecular weight is 415 g/mol. The van der Waals surface area contributed by atoms with Gasteiger partial charge < -0.3 is 20.9 Å². The Labute approximate surface area is 177 Å². The maximum atomic E-state index is 12.7. The Morgan fingerprint density at radius 2 is 2.13 bits per heavy atom. The summed E-state index contributed by atoms with van der Waals surface area (Å²) in [5.74, 6) is -0.0138. The summed E-state index contributed by atoms with van der Waals surface area (Å²) in [6, 6.07) is 13.0. The quantitative estimate of drug-likeness (QED) is 0.442. The summed E-state index contributed by atoms with van der Waals surface area (Å²) in [5, 5.41) is 10.8. The van der Waals surface area contributed by atoms with Crippen LogP contribution in [0.25, 0.3) is 11.0 Å². The minimum atomic E-state index is -0.310. The molecule has 1 aliphatic heterocycles. The van der Waals surface area contributed by atoms with E-state index >= 15 is 0 Å². The second-order valence-electron chi connectivity index (χ2n) is 7.65. The van der Waals surface area contributed by atoms with Gasteiger partial charge in [0.05, 0.1) is 24.3 Å². The predicted molar refractivity (Wildman–Crippen MR) is 117 cm³/mol. The minimum absolute atomic E-state index is 0.0762. The molecule has 1 aliphatic rings. The van der Waals surface area contributed by atoms with Crippen molar-refractivity contribution < 1.29 is 9.59 Å². The zero-order valence-electron chi connectivity index (χ0n) is 16.9. The Morgan fingerprint density at radius 1 is 1.29 bits per heavy atom. The molecule has 1 aromatic carbocycles. The van der Waals surface area contributed by atoms with Crippen molar-refractivity contribution in [1.82, 2.24) is 24.6 Å². The van der Waals surface area contributed by atoms with E-state index in [0.29, 0.717) is 41.5 Å². The molecule has 4 N–H and O–H groups in total. The molecular weight excluding hydrogens is 394 g/mol. The van der Waals surface area contributed by atoms with Gasteiger partial charge in [0.1, 0.15) is 17.2 Å². The number of anilines is 2. The van der Waals surface area contributed by atoms with Crippen molar-refractivity contribution in [3.63, 3.8) is 0 Å². The first-order valence-electron chi connectivity index (χ1n) is 9.97. The van der Waals surface area contributed by atoms with Crippen molar-refractivity contribution in [2.75, 3.05) is 17.6 Å². The van der Waals surface area contributed by atoms with Crippen LogP contribution in [0.2, 0.25) is 0 Å². The molecule has 9 heteroatoms. The molecule has 0 aliphatic carbocycles. The Kier molecular flexibility index (Phi) is 4.43. The van der Waals surface area contributed by atoms with E-state index in [0.717, 1.165) is 10.9 Å². The van der Waals surface area contributed by atoms with Crippen LogP contribution in [-0.4, -0.2) is 37.7 Å². The zero-order chi connectivity index (χ0) is 21.5. The number of nitrogens with two attached hydrogens (primary N) is 1. The summed E-state index contributed by atoms with van der Waals surface area (Å²) >= 11 is 0. The molecule has 0 spiro atoms. The highest BCUT2D eigenvalue weighted by Crippen LogP contribution is 2.26. The highest BCUT2D eigenvalue weighted by Gasteiger charge is 2.25. The van der Waals surface area contributed by atoms with E-state index in [1.807, 2.05) is 47.9 Å². The first-order chi connectivity index (χ1) is 15.0. The lowest BCUT2D eigenvalue weighted by atomic mass is 10.2. The number of hydrogen-bond acceptors (Lipinski definition) is 5. The topological polar surface area (TPSA) is 120 Å². The highest BCUT2D eigenvalue weighted by atomic mass is 16.2. The number of aromatic nitrogens is 4. The standard InChI is InChI=1S/C22H21N7O2/c1-13-9-24-22(31)18-8-14-6-7-19(26-20(14)29(13)18)27-21(30)16-10-25-28(12-16)11-15-4-2-3-5-17(15)23/h2-8,10,12-13H,9,11,23H2,1H3,(H,24,31)(H,26,27,30)/t13-/m1/s1. The van der Waals surface area contributed by atoms with Crippen LogP contribution in [0.5, 0.6) is 0 Å². The van der Waals surface area contributed by atoms with Gasteiger partial charge in [0.15, 0.2) is 0 Å². The Bertz CT molecular complexity index is 1320. The molecule has 156 valence electrons. The lowest BCUT2D eigenvalue weighted by molar-refractivity contribution is 0.0918. The van der Waals surface area contributed by atoms with E-state index in [1.165, 1.54) is 6.20 Å². The third kappa shape index (κ3) is 3.39. The molecule has 0 fully saturated rings. The normalized spacial score (nSPS) is 15.5. The summed E-state index contributed by atoms with van der Waals surface area (Å²) in [7, 11) is 0. The first-order valence-corrected chi connectivity index (χ1v) is 9.97. The smallest absolute Gasteiger partial charge is 0.268 e. The van der Waals surface area contributed by atoms with Gasteiger partial charge in [-0.1, -0.05) is 18.2 Å². The van der Waals surface area contributed by atoms with Crippen LogP contribution in [0.1, 0.15) is 39.4 Å². The van der Waals surface area contributed by atoms with Gasteiger partial charge in [0.2, 0.25) is 0 Å². The molecule has 0 saturated carbocycles. The van der Waals surface area contributed by atoms with Crippen LogP contribution in [0.4, 0.5) is 11.5 Å². The third-order valence-electron chi connectivity index (χ3n) is 5.44. The maximum Gasteiger partial charge on any atom is 0.268 e. The second-order valence-corrected chi connectivity index (χ2v) is 7.65. The number of nitrogens with one attached hydrogen (secondary N) is 2. The maximum absolute atomic E-state index is 12.7. The Hall–Kier alpha value is -4.14. The molecule has 4 heterocycles. The number of nitrogen functional groups attached to an aromatic ring is 1. The monoisotopic (exact) mass is 415 g/mol. The number of nitrogens with zero attached hydrogens (tertiary/aromatic N) is 4. The average Bonchev–Trinajstić information content (AvgIpc) is 3.38. The number of amides is 2. The van der Waals surface area contributed by atoms with E-state index < -0.39 is 0 Å². The van der Waals surface area contributed by atoms with Gasteiger partial charge >= 0.3 is 0 Å². The molecule has 0 bridgehead atoms. The summed E-state index contributed by atoms with van der Waals surface area (Å²) in [4.78, 5) is 29.5. The van der Waals surface area contributed by atoms with Crippen molar-refractivity contribution in [2.24, 2.45) is 0 Å². The van der Waals surface area contributed by atoms with Gasteiger partial charge in [-0.2, -0.15) is 5.10 Å². The van der Waals surface area contributed by atoms with E-state index in [9.17, 15) is 9.59 Å². The van der Waals surface area contributed by atoms with Gasteiger partial charge in [0, 0.05) is 23.8 Å². The molecule has 3 aromatic heterocycles. The number of rotatable bonds is 4. The van der Waals surface area contributed by atoms with Crippen LogP contribution < -0.4 is 16.4 Å². The number of hydrogen-bond donors (Lipinski definition) is 3. The molecule has 4 aromatic rings. The fourth-order valence-corrected chi connectivity index (χ4v) is 3.82. The summed E-state index contributed by atoms with van der Waals surface area (Å²) in [5.41, 5.74) is 9.26. The van der Waals surface area contributed by atoms with Gasteiger partial charge in [0.25, 0.3) is 11.8 Å². The van der Waals surface area contributed by atoms with Gasteiger partial charge in [-0.05, 0) is 36.8 Å². The zero-order valence-corrected chi connectivity index (χ0v) is 16.9. The van der Waals surface area contributed by atoms with Crippen LogP contribution in [-0.2, 0) is 6.54 Å². The minimum Gasteiger partial charge on any atom is -0.398 e. The summed E-state index contributed by atoms with van der Waals surface area (Å²) in [6.07, 6.45) is 3.18. The SMILES string of the molecule is C[C@@H]1CNC(=O)c2cc3ccc(NC(=O)c4cnn(Cc5ccccc5N)c4)nc3n21. The fraction of sp³-hybridized carbons (Fsp3) is 0.182. The van der Waals surface area contributed by atoms with Gasteiger partial charge in [-0.15, -0.1) is 0 Å². The molecule has 0 radical (unpaired) electrons. The van der Waals surface area contributed by atoms with Crippen LogP contribution in [0.15, 0.2) is 54.9 Å². The third-order valence-corrected chi connectivity index (χ3v) is 5.44. The molecule has 0 unspecified atom stereocenters. The number of pyridine rings is 1. The Balaban J connectivity index is 1.37. The van der Waals surface area contributed by atoms with Crippen LogP contribution in [0.3, 0.4) is 0 Å². The molecule has 31 heavy (non-hydrogen) atoms. The van der Waals surface area contributed by atoms with Gasteiger partial charge in [-0.25, -0.2) is 4.98 Å². The first kappa shape index (κ1) is 18.9. The number of carbonyl (C=O) groups excluding carboxylic acids is 2. The number of carbonyl (C=O) groups is 2. The summed E-state index contributed by atoms with van der Waals surface area (Å²) in [6.45, 7) is 3.03. The second kappa shape index (κ2) is 7.28. The van der Waals surface area contributed by atoms with Crippen molar-refractivity contribution in [2.45, 2.75) is 19.5 Å². The van der Waals surface area contributed by atoms with E-state index in [4.69, 9.17) is 5.73 Å². The molecule has 5 rings (SSSR count). The van der Waals surface area contributed by atoms with Crippen molar-refractivity contribution in [1.29, 1.82) is 0 Å². The predicted octanol–water partition coefficient (Wildman–Crippen LogP) is 2.42. The van der Waals surface area contributed by atoms with Crippen molar-refractivity contribution in [3.05, 3.63) is 71.7 Å². The highest BCUT2D eigenvalue weighted by molar-refractivity contribution is 6.04. The molecular formula is C22H21N7O2. The number of benzene rings is 1. The largest absolute Gasteiger partial charge is 0.398 e. The van der Waals surface area contributed by atoms with Gasteiger partial charge in [-0.3, -0.25) is 14.3 Å². The number of fused-ring (bicyclic) bond motifs is 3. The lowest BCUT2D eigenvalue weighted by Crippen LogP contribution is -2.37. The van der Waals surface area contributed by atoms with Crippen LogP contribution in [0, 0.1) is 0 Å². The molecule has 0 saturated heterocycles. The molecule has 9 nitrogen and oxygen atoms in total. The molecule has 2 amide bonds. The lowest BCUT2D eigenvalue weighted by Gasteiger charge is -2.23. The Morgan fingerprint density at radius 3 is 2.97 bits per heavy atom. The van der Waals surface area contributed by atoms with E-state index in [2.05, 4.69) is 20.7 Å². The molecule has 1 atom stereocenters. The van der Waals surface area contributed by atoms with E-state index in [-0.39, 0.29) is 17.9 Å².